The van der Waals surface area contributed by atoms with Crippen molar-refractivity contribution in [2.24, 2.45) is 11.7 Å². The first-order valence-corrected chi connectivity index (χ1v) is 5.45. The van der Waals surface area contributed by atoms with E-state index in [9.17, 15) is 0 Å². The standard InChI is InChI=1S/C11H16BrNO/c1-7(2)11(13)8-5-4-6-9(14-3)10(8)12/h4-7,11H,13H2,1-3H3/t11-/m0/s1. The molecule has 1 aromatic rings. The minimum Gasteiger partial charge on any atom is -0.496 e. The average Bonchev–Trinajstić information content (AvgIpc) is 2.17. The molecule has 0 saturated heterocycles. The molecule has 0 aliphatic heterocycles. The molecule has 0 fully saturated rings. The van der Waals surface area contributed by atoms with Crippen LogP contribution >= 0.6 is 15.9 Å². The fourth-order valence-corrected chi connectivity index (χ4v) is 1.99. The van der Waals surface area contributed by atoms with E-state index < -0.39 is 0 Å². The first kappa shape index (κ1) is 11.5. The zero-order valence-electron chi connectivity index (χ0n) is 8.75. The van der Waals surface area contributed by atoms with Crippen molar-refractivity contribution in [2.75, 3.05) is 7.11 Å². The van der Waals surface area contributed by atoms with E-state index in [1.54, 1.807) is 7.11 Å². The molecule has 0 heterocycles. The van der Waals surface area contributed by atoms with Crippen molar-refractivity contribution >= 4 is 15.9 Å². The van der Waals surface area contributed by atoms with Crippen molar-refractivity contribution < 1.29 is 4.74 Å². The Kier molecular flexibility index (Phi) is 3.96. The quantitative estimate of drug-likeness (QED) is 0.904. The molecule has 0 aliphatic carbocycles. The highest BCUT2D eigenvalue weighted by Gasteiger charge is 2.15. The Morgan fingerprint density at radius 1 is 1.36 bits per heavy atom. The molecule has 2 N–H and O–H groups in total. The van der Waals surface area contributed by atoms with Crippen molar-refractivity contribution in [3.8, 4) is 5.75 Å². The Labute approximate surface area is 93.6 Å². The van der Waals surface area contributed by atoms with E-state index in [0.717, 1.165) is 15.8 Å². The first-order chi connectivity index (χ1) is 6.57. The van der Waals surface area contributed by atoms with Gasteiger partial charge in [0.05, 0.1) is 11.6 Å². The van der Waals surface area contributed by atoms with Crippen LogP contribution in [-0.4, -0.2) is 7.11 Å². The second-order valence-electron chi connectivity index (χ2n) is 3.63. The van der Waals surface area contributed by atoms with E-state index >= 15 is 0 Å². The molecule has 0 aromatic heterocycles. The van der Waals surface area contributed by atoms with Crippen LogP contribution in [0.4, 0.5) is 0 Å². The maximum absolute atomic E-state index is 6.08. The lowest BCUT2D eigenvalue weighted by atomic mass is 9.97. The van der Waals surface area contributed by atoms with Crippen LogP contribution in [0.3, 0.4) is 0 Å². The second kappa shape index (κ2) is 4.80. The van der Waals surface area contributed by atoms with Gasteiger partial charge in [0, 0.05) is 6.04 Å². The predicted molar refractivity (Wildman–Crippen MR) is 62.5 cm³/mol. The Bertz CT molecular complexity index is 312. The molecule has 1 rings (SSSR count). The molecule has 2 nitrogen and oxygen atoms in total. The zero-order valence-corrected chi connectivity index (χ0v) is 10.3. The van der Waals surface area contributed by atoms with Crippen LogP contribution in [0.2, 0.25) is 0 Å². The van der Waals surface area contributed by atoms with Gasteiger partial charge in [-0.2, -0.15) is 0 Å². The van der Waals surface area contributed by atoms with Gasteiger partial charge in [-0.25, -0.2) is 0 Å². The van der Waals surface area contributed by atoms with Crippen molar-refractivity contribution in [3.63, 3.8) is 0 Å². The van der Waals surface area contributed by atoms with Crippen LogP contribution in [0, 0.1) is 5.92 Å². The van der Waals surface area contributed by atoms with Crippen molar-refractivity contribution in [3.05, 3.63) is 28.2 Å². The summed E-state index contributed by atoms with van der Waals surface area (Å²) in [5.74, 6) is 1.25. The third-order valence-electron chi connectivity index (χ3n) is 2.29. The average molecular weight is 258 g/mol. The minimum absolute atomic E-state index is 0.0412. The molecule has 78 valence electrons. The fourth-order valence-electron chi connectivity index (χ4n) is 1.30. The summed E-state index contributed by atoms with van der Waals surface area (Å²) in [6, 6.07) is 5.94. The summed E-state index contributed by atoms with van der Waals surface area (Å²) in [5, 5.41) is 0. The minimum atomic E-state index is 0.0412. The molecular formula is C11H16BrNO. The molecule has 0 radical (unpaired) electrons. The molecule has 0 spiro atoms. The van der Waals surface area contributed by atoms with Crippen molar-refractivity contribution in [2.45, 2.75) is 19.9 Å². The number of hydrogen-bond acceptors (Lipinski definition) is 2. The zero-order chi connectivity index (χ0) is 10.7. The van der Waals surface area contributed by atoms with Crippen LogP contribution in [-0.2, 0) is 0 Å². The third-order valence-corrected chi connectivity index (χ3v) is 3.14. The fraction of sp³-hybridized carbons (Fsp3) is 0.455. The van der Waals surface area contributed by atoms with Gasteiger partial charge >= 0.3 is 0 Å². The SMILES string of the molecule is COc1cccc([C@@H](N)C(C)C)c1Br. The lowest BCUT2D eigenvalue weighted by Gasteiger charge is -2.18. The summed E-state index contributed by atoms with van der Waals surface area (Å²) in [6.07, 6.45) is 0. The number of methoxy groups -OCH3 is 1. The number of benzene rings is 1. The van der Waals surface area contributed by atoms with E-state index in [4.69, 9.17) is 10.5 Å². The first-order valence-electron chi connectivity index (χ1n) is 4.66. The third kappa shape index (κ3) is 2.28. The molecule has 0 amide bonds. The molecular weight excluding hydrogens is 242 g/mol. The molecule has 0 bridgehead atoms. The molecule has 1 atom stereocenters. The number of hydrogen-bond donors (Lipinski definition) is 1. The highest BCUT2D eigenvalue weighted by Crippen LogP contribution is 2.33. The summed E-state index contributed by atoms with van der Waals surface area (Å²) in [7, 11) is 1.66. The normalized spacial score (nSPS) is 13.0. The van der Waals surface area contributed by atoms with E-state index in [0.29, 0.717) is 5.92 Å². The van der Waals surface area contributed by atoms with Gasteiger partial charge in [0.1, 0.15) is 5.75 Å². The Balaban J connectivity index is 3.09. The molecule has 0 aliphatic rings. The number of nitrogens with two attached hydrogens (primary N) is 1. The van der Waals surface area contributed by atoms with Crippen LogP contribution in [0.5, 0.6) is 5.75 Å². The van der Waals surface area contributed by atoms with E-state index in [2.05, 4.69) is 29.8 Å². The molecule has 3 heteroatoms. The maximum atomic E-state index is 6.08. The summed E-state index contributed by atoms with van der Waals surface area (Å²) in [5.41, 5.74) is 7.17. The molecule has 1 aromatic carbocycles. The topological polar surface area (TPSA) is 35.2 Å². The lowest BCUT2D eigenvalue weighted by molar-refractivity contribution is 0.409. The van der Waals surface area contributed by atoms with E-state index in [-0.39, 0.29) is 6.04 Å². The number of ether oxygens (including phenoxy) is 1. The van der Waals surface area contributed by atoms with Crippen LogP contribution < -0.4 is 10.5 Å². The summed E-state index contributed by atoms with van der Waals surface area (Å²) < 4.78 is 6.17. The predicted octanol–water partition coefficient (Wildman–Crippen LogP) is 3.11. The molecule has 0 unspecified atom stereocenters. The van der Waals surface area contributed by atoms with Gasteiger partial charge in [-0.05, 0) is 33.5 Å². The number of rotatable bonds is 3. The Hall–Kier alpha value is -0.540. The molecule has 14 heavy (non-hydrogen) atoms. The number of halogens is 1. The van der Waals surface area contributed by atoms with Gasteiger partial charge in [0.15, 0.2) is 0 Å². The molecule has 0 saturated carbocycles. The summed E-state index contributed by atoms with van der Waals surface area (Å²) in [4.78, 5) is 0. The van der Waals surface area contributed by atoms with Crippen LogP contribution in [0.25, 0.3) is 0 Å². The smallest absolute Gasteiger partial charge is 0.133 e. The summed E-state index contributed by atoms with van der Waals surface area (Å²) >= 11 is 3.51. The summed E-state index contributed by atoms with van der Waals surface area (Å²) in [6.45, 7) is 4.22. The van der Waals surface area contributed by atoms with Crippen molar-refractivity contribution in [1.82, 2.24) is 0 Å². The van der Waals surface area contributed by atoms with Crippen molar-refractivity contribution in [1.29, 1.82) is 0 Å². The van der Waals surface area contributed by atoms with Gasteiger partial charge in [-0.3, -0.25) is 0 Å². The van der Waals surface area contributed by atoms with E-state index in [1.165, 1.54) is 0 Å². The second-order valence-corrected chi connectivity index (χ2v) is 4.43. The van der Waals surface area contributed by atoms with Gasteiger partial charge in [-0.1, -0.05) is 26.0 Å². The van der Waals surface area contributed by atoms with Gasteiger partial charge in [-0.15, -0.1) is 0 Å². The Morgan fingerprint density at radius 2 is 2.00 bits per heavy atom. The largest absolute Gasteiger partial charge is 0.496 e. The Morgan fingerprint density at radius 3 is 2.50 bits per heavy atom. The van der Waals surface area contributed by atoms with Gasteiger partial charge < -0.3 is 10.5 Å². The van der Waals surface area contributed by atoms with Crippen LogP contribution in [0.15, 0.2) is 22.7 Å². The van der Waals surface area contributed by atoms with E-state index in [1.807, 2.05) is 18.2 Å². The monoisotopic (exact) mass is 257 g/mol. The lowest BCUT2D eigenvalue weighted by Crippen LogP contribution is -2.17. The van der Waals surface area contributed by atoms with Gasteiger partial charge in [0.25, 0.3) is 0 Å². The van der Waals surface area contributed by atoms with Gasteiger partial charge in [0.2, 0.25) is 0 Å². The maximum Gasteiger partial charge on any atom is 0.133 e. The highest BCUT2D eigenvalue weighted by atomic mass is 79.9. The van der Waals surface area contributed by atoms with Crippen LogP contribution in [0.1, 0.15) is 25.5 Å². The highest BCUT2D eigenvalue weighted by molar-refractivity contribution is 9.10.